The fourth-order valence-corrected chi connectivity index (χ4v) is 8.40. The second-order valence-electron chi connectivity index (χ2n) is 11.8. The minimum absolute atomic E-state index is 0.509. The fraction of sp³-hybridized carbons (Fsp3) is 0. The third kappa shape index (κ3) is 3.56. The maximum atomic E-state index is 7.00. The lowest BCUT2D eigenvalue weighted by Crippen LogP contribution is -2.28. The molecular weight excluding hydrogens is 581 g/mol. The maximum absolute atomic E-state index is 7.00. The van der Waals surface area contributed by atoms with E-state index in [1.807, 2.05) is 11.1 Å². The van der Waals surface area contributed by atoms with E-state index >= 15 is 0 Å². The Hall–Kier alpha value is -5.72. The average Bonchev–Trinajstić information content (AvgIpc) is 3.51. The Morgan fingerprint density at radius 3 is 2.17 bits per heavy atom. The maximum Gasteiger partial charge on any atom is 0.265 e. The summed E-state index contributed by atoms with van der Waals surface area (Å²) < 4.78 is 2.39. The molecule has 1 aliphatic heterocycles. The number of fused-ring (bicyclic) bond motifs is 13. The van der Waals surface area contributed by atoms with E-state index in [-0.39, 0.29) is 0 Å². The van der Waals surface area contributed by atoms with Gasteiger partial charge in [-0.3, -0.25) is 0 Å². The first-order chi connectivity index (χ1) is 22.7. The van der Waals surface area contributed by atoms with Crippen LogP contribution in [-0.2, 0) is 0 Å². The van der Waals surface area contributed by atoms with E-state index in [0.717, 1.165) is 60.3 Å². The van der Waals surface area contributed by atoms with Crippen molar-refractivity contribution in [3.8, 4) is 28.1 Å². The number of rotatable bonds is 2. The SMILES string of the molecule is Bc1cccc2c(-c3ccccc3)nc(N3Oc4ccc5ccccc5c4-c4c3c3sc5ccccc5c3c3ccccc43)nc12. The first kappa shape index (κ1) is 25.6. The molecule has 0 radical (unpaired) electrons. The molecule has 3 heterocycles. The number of benzene rings is 7. The summed E-state index contributed by atoms with van der Waals surface area (Å²) in [5, 5.41) is 10.1. The van der Waals surface area contributed by atoms with Crippen molar-refractivity contribution in [2.24, 2.45) is 0 Å². The zero-order chi connectivity index (χ0) is 30.4. The molecule has 0 atom stereocenters. The molecule has 4 nitrogen and oxygen atoms in total. The fourth-order valence-electron chi connectivity index (χ4n) is 7.15. The molecule has 2 aromatic heterocycles. The first-order valence-electron chi connectivity index (χ1n) is 15.4. The van der Waals surface area contributed by atoms with E-state index in [0.29, 0.717) is 5.95 Å². The monoisotopic (exact) mass is 605 g/mol. The number of thiophene rings is 1. The van der Waals surface area contributed by atoms with Gasteiger partial charge in [-0.2, -0.15) is 0 Å². The molecule has 0 bridgehead atoms. The van der Waals surface area contributed by atoms with Gasteiger partial charge in [0.05, 0.1) is 15.9 Å². The van der Waals surface area contributed by atoms with Crippen molar-refractivity contribution in [2.45, 2.75) is 0 Å². The van der Waals surface area contributed by atoms with E-state index < -0.39 is 0 Å². The quantitative estimate of drug-likeness (QED) is 0.184. The molecular formula is C40H24BN3OS. The second kappa shape index (κ2) is 9.64. The van der Waals surface area contributed by atoms with Crippen LogP contribution in [0.25, 0.3) is 75.0 Å². The third-order valence-electron chi connectivity index (χ3n) is 9.19. The van der Waals surface area contributed by atoms with Crippen molar-refractivity contribution in [1.82, 2.24) is 9.97 Å². The van der Waals surface area contributed by atoms with Crippen molar-refractivity contribution < 1.29 is 4.84 Å². The molecule has 0 aliphatic carbocycles. The van der Waals surface area contributed by atoms with Gasteiger partial charge in [0.25, 0.3) is 5.95 Å². The molecule has 10 rings (SSSR count). The Labute approximate surface area is 269 Å². The number of hydrogen-bond donors (Lipinski definition) is 0. The average molecular weight is 606 g/mol. The zero-order valence-electron chi connectivity index (χ0n) is 24.9. The van der Waals surface area contributed by atoms with Crippen molar-refractivity contribution in [3.63, 3.8) is 0 Å². The van der Waals surface area contributed by atoms with Crippen molar-refractivity contribution in [2.75, 3.05) is 5.06 Å². The minimum Gasteiger partial charge on any atom is -0.371 e. The Balaban J connectivity index is 1.39. The summed E-state index contributed by atoms with van der Waals surface area (Å²) in [5.41, 5.74) is 7.14. The number of aromatic nitrogens is 2. The second-order valence-corrected chi connectivity index (χ2v) is 12.9. The van der Waals surface area contributed by atoms with Crippen LogP contribution in [0.5, 0.6) is 5.75 Å². The normalized spacial score (nSPS) is 12.6. The van der Waals surface area contributed by atoms with Gasteiger partial charge in [-0.25, -0.2) is 9.97 Å². The van der Waals surface area contributed by atoms with Gasteiger partial charge < -0.3 is 4.84 Å². The van der Waals surface area contributed by atoms with Crippen LogP contribution in [0, 0.1) is 0 Å². The number of hydrogen-bond acceptors (Lipinski definition) is 5. The van der Waals surface area contributed by atoms with E-state index in [4.69, 9.17) is 14.8 Å². The molecule has 0 N–H and O–H groups in total. The predicted octanol–water partition coefficient (Wildman–Crippen LogP) is 9.34. The molecule has 7 aromatic carbocycles. The van der Waals surface area contributed by atoms with Crippen molar-refractivity contribution in [1.29, 1.82) is 0 Å². The van der Waals surface area contributed by atoms with Crippen LogP contribution in [0.1, 0.15) is 0 Å². The predicted molar refractivity (Wildman–Crippen MR) is 196 cm³/mol. The van der Waals surface area contributed by atoms with Gasteiger partial charge in [-0.05, 0) is 33.7 Å². The molecule has 46 heavy (non-hydrogen) atoms. The van der Waals surface area contributed by atoms with Gasteiger partial charge in [-0.1, -0.05) is 127 Å². The molecule has 0 unspecified atom stereocenters. The smallest absolute Gasteiger partial charge is 0.265 e. The Kier molecular flexibility index (Phi) is 5.36. The molecule has 214 valence electrons. The van der Waals surface area contributed by atoms with Gasteiger partial charge in [0.15, 0.2) is 5.75 Å². The summed E-state index contributed by atoms with van der Waals surface area (Å²) in [6, 6.07) is 46.9. The van der Waals surface area contributed by atoms with Crippen LogP contribution < -0.4 is 15.4 Å². The molecule has 0 amide bonds. The van der Waals surface area contributed by atoms with E-state index in [9.17, 15) is 0 Å². The summed E-state index contributed by atoms with van der Waals surface area (Å²) in [7, 11) is 2.11. The highest BCUT2D eigenvalue weighted by molar-refractivity contribution is 7.26. The Bertz CT molecular complexity index is 2700. The topological polar surface area (TPSA) is 38.2 Å². The summed E-state index contributed by atoms with van der Waals surface area (Å²) in [5.74, 6) is 1.29. The summed E-state index contributed by atoms with van der Waals surface area (Å²) in [6.45, 7) is 0. The third-order valence-corrected chi connectivity index (χ3v) is 10.4. The van der Waals surface area contributed by atoms with Crippen LogP contribution >= 0.6 is 11.3 Å². The zero-order valence-corrected chi connectivity index (χ0v) is 25.7. The summed E-state index contributed by atoms with van der Waals surface area (Å²) in [6.07, 6.45) is 0. The van der Waals surface area contributed by atoms with Gasteiger partial charge in [0.2, 0.25) is 0 Å². The molecule has 6 heteroatoms. The number of nitrogens with zero attached hydrogens (tertiary/aromatic N) is 3. The first-order valence-corrected chi connectivity index (χ1v) is 16.3. The standard InChI is InChI=1S/C40H24BN3OS/c41-30-19-10-18-29-36(24-12-2-1-3-13-24)42-40(43-37(29)30)44-38-35(34-25-14-5-4-11-23(25)21-22-31(34)45-44)27-16-7-6-15-26(27)33-28-17-8-9-20-32(28)46-39(33)38/h1-22H,41H2. The van der Waals surface area contributed by atoms with Crippen LogP contribution in [0.15, 0.2) is 133 Å². The highest BCUT2D eigenvalue weighted by Crippen LogP contribution is 2.56. The van der Waals surface area contributed by atoms with E-state index in [1.54, 1.807) is 11.3 Å². The number of para-hydroxylation sites is 1. The van der Waals surface area contributed by atoms with Gasteiger partial charge in [0, 0.05) is 37.5 Å². The van der Waals surface area contributed by atoms with E-state index in [1.165, 1.54) is 31.6 Å². The van der Waals surface area contributed by atoms with Crippen molar-refractivity contribution in [3.05, 3.63) is 133 Å². The Morgan fingerprint density at radius 2 is 1.30 bits per heavy atom. The summed E-state index contributed by atoms with van der Waals surface area (Å²) in [4.78, 5) is 17.6. The molecule has 9 aromatic rings. The van der Waals surface area contributed by atoms with Gasteiger partial charge >= 0.3 is 0 Å². The van der Waals surface area contributed by atoms with Crippen LogP contribution in [-0.4, -0.2) is 17.8 Å². The lowest BCUT2D eigenvalue weighted by Gasteiger charge is -2.33. The summed E-state index contributed by atoms with van der Waals surface area (Å²) >= 11 is 1.80. The molecule has 1 aliphatic rings. The number of anilines is 2. The molecule has 0 fully saturated rings. The van der Waals surface area contributed by atoms with Gasteiger partial charge in [-0.15, -0.1) is 16.4 Å². The molecule has 0 saturated carbocycles. The van der Waals surface area contributed by atoms with E-state index in [2.05, 4.69) is 135 Å². The minimum atomic E-state index is 0.509. The van der Waals surface area contributed by atoms with Crippen LogP contribution in [0.2, 0.25) is 0 Å². The van der Waals surface area contributed by atoms with Crippen LogP contribution in [0.3, 0.4) is 0 Å². The van der Waals surface area contributed by atoms with Gasteiger partial charge in [0.1, 0.15) is 13.5 Å². The molecule has 0 saturated heterocycles. The lowest BCUT2D eigenvalue weighted by molar-refractivity contribution is 0.316. The van der Waals surface area contributed by atoms with Crippen LogP contribution in [0.4, 0.5) is 11.6 Å². The highest BCUT2D eigenvalue weighted by Gasteiger charge is 2.34. The highest BCUT2D eigenvalue weighted by atomic mass is 32.1. The lowest BCUT2D eigenvalue weighted by atomic mass is 9.89. The largest absolute Gasteiger partial charge is 0.371 e. The Morgan fingerprint density at radius 1 is 0.587 bits per heavy atom. The molecule has 0 spiro atoms. The van der Waals surface area contributed by atoms with Crippen molar-refractivity contribution >= 4 is 88.9 Å².